The molecule has 0 spiro atoms. The lowest BCUT2D eigenvalue weighted by molar-refractivity contribution is 0.0599. The lowest BCUT2D eigenvalue weighted by atomic mass is 9.85. The van der Waals surface area contributed by atoms with Gasteiger partial charge in [-0.25, -0.2) is 9.18 Å². The molecule has 1 saturated heterocycles. The monoisotopic (exact) mass is 263 g/mol. The van der Waals surface area contributed by atoms with Gasteiger partial charge in [0.2, 0.25) is 0 Å². The highest BCUT2D eigenvalue weighted by Crippen LogP contribution is 2.38. The van der Waals surface area contributed by atoms with Crippen LogP contribution in [0, 0.1) is 5.82 Å². The highest BCUT2D eigenvalue weighted by Gasteiger charge is 2.32. The molecule has 3 rings (SSSR count). The molecule has 102 valence electrons. The SMILES string of the molecule is COC(=O)c1cc(F)c2c(c1)CCN1CCCC[C@H]21. The Kier molecular flexibility index (Phi) is 3.27. The number of hydrogen-bond donors (Lipinski definition) is 0. The Bertz CT molecular complexity index is 515. The Labute approximate surface area is 112 Å². The van der Waals surface area contributed by atoms with Crippen LogP contribution in [0.4, 0.5) is 4.39 Å². The van der Waals surface area contributed by atoms with Crippen LogP contribution in [0.1, 0.15) is 46.8 Å². The van der Waals surface area contributed by atoms with Gasteiger partial charge in [-0.05, 0) is 43.5 Å². The molecule has 0 saturated carbocycles. The molecule has 0 aliphatic carbocycles. The second kappa shape index (κ2) is 4.93. The van der Waals surface area contributed by atoms with E-state index in [1.54, 1.807) is 6.07 Å². The third kappa shape index (κ3) is 2.14. The Hall–Kier alpha value is -1.42. The average Bonchev–Trinajstić information content (AvgIpc) is 2.45. The van der Waals surface area contributed by atoms with Crippen LogP contribution in [0.5, 0.6) is 0 Å². The number of hydrogen-bond acceptors (Lipinski definition) is 3. The molecular formula is C15H18FNO2. The third-order valence-electron chi connectivity index (χ3n) is 4.25. The van der Waals surface area contributed by atoms with Gasteiger partial charge in [0.25, 0.3) is 0 Å². The van der Waals surface area contributed by atoms with Crippen LogP contribution >= 0.6 is 0 Å². The quantitative estimate of drug-likeness (QED) is 0.730. The Morgan fingerprint density at radius 3 is 3.00 bits per heavy atom. The van der Waals surface area contributed by atoms with E-state index < -0.39 is 5.97 Å². The number of rotatable bonds is 1. The molecule has 0 aromatic heterocycles. The fraction of sp³-hybridized carbons (Fsp3) is 0.533. The van der Waals surface area contributed by atoms with E-state index in [9.17, 15) is 9.18 Å². The number of methoxy groups -OCH3 is 1. The molecule has 4 heteroatoms. The van der Waals surface area contributed by atoms with E-state index in [4.69, 9.17) is 0 Å². The van der Waals surface area contributed by atoms with Crippen molar-refractivity contribution >= 4 is 5.97 Å². The first-order chi connectivity index (χ1) is 9.20. The van der Waals surface area contributed by atoms with Gasteiger partial charge in [0, 0.05) is 18.2 Å². The van der Waals surface area contributed by atoms with Crippen molar-refractivity contribution in [1.29, 1.82) is 0 Å². The molecule has 19 heavy (non-hydrogen) atoms. The molecular weight excluding hydrogens is 245 g/mol. The normalized spacial score (nSPS) is 22.5. The summed E-state index contributed by atoms with van der Waals surface area (Å²) in [5, 5.41) is 0. The molecule has 0 bridgehead atoms. The van der Waals surface area contributed by atoms with Crippen molar-refractivity contribution in [2.45, 2.75) is 31.7 Å². The molecule has 0 N–H and O–H groups in total. The second-order valence-corrected chi connectivity index (χ2v) is 5.32. The van der Waals surface area contributed by atoms with Gasteiger partial charge >= 0.3 is 5.97 Å². The molecule has 2 aliphatic heterocycles. The number of esters is 1. The Morgan fingerprint density at radius 2 is 2.21 bits per heavy atom. The van der Waals surface area contributed by atoms with Crippen molar-refractivity contribution in [2.24, 2.45) is 0 Å². The smallest absolute Gasteiger partial charge is 0.337 e. The number of carbonyl (C=O) groups excluding carboxylic acids is 1. The van der Waals surface area contributed by atoms with E-state index in [1.807, 2.05) is 0 Å². The number of ether oxygens (including phenoxy) is 1. The first-order valence-corrected chi connectivity index (χ1v) is 6.85. The number of carbonyl (C=O) groups is 1. The van der Waals surface area contributed by atoms with Gasteiger partial charge in [-0.2, -0.15) is 0 Å². The molecule has 2 heterocycles. The topological polar surface area (TPSA) is 29.5 Å². The molecule has 1 aromatic rings. The maximum Gasteiger partial charge on any atom is 0.337 e. The molecule has 0 amide bonds. The number of halogens is 1. The lowest BCUT2D eigenvalue weighted by Gasteiger charge is -2.40. The van der Waals surface area contributed by atoms with Crippen LogP contribution in [0.25, 0.3) is 0 Å². The molecule has 3 nitrogen and oxygen atoms in total. The zero-order valence-electron chi connectivity index (χ0n) is 11.1. The van der Waals surface area contributed by atoms with Crippen LogP contribution in [0.15, 0.2) is 12.1 Å². The van der Waals surface area contributed by atoms with Gasteiger partial charge < -0.3 is 4.74 Å². The van der Waals surface area contributed by atoms with E-state index in [-0.39, 0.29) is 11.9 Å². The first-order valence-electron chi connectivity index (χ1n) is 6.85. The lowest BCUT2D eigenvalue weighted by Crippen LogP contribution is -2.39. The van der Waals surface area contributed by atoms with Gasteiger partial charge in [-0.1, -0.05) is 6.42 Å². The van der Waals surface area contributed by atoms with Crippen molar-refractivity contribution in [1.82, 2.24) is 4.90 Å². The van der Waals surface area contributed by atoms with Crippen LogP contribution in [0.2, 0.25) is 0 Å². The number of piperidine rings is 1. The van der Waals surface area contributed by atoms with Crippen molar-refractivity contribution in [2.75, 3.05) is 20.2 Å². The number of fused-ring (bicyclic) bond motifs is 3. The minimum absolute atomic E-state index is 0.198. The van der Waals surface area contributed by atoms with Crippen molar-refractivity contribution < 1.29 is 13.9 Å². The van der Waals surface area contributed by atoms with E-state index in [0.717, 1.165) is 43.5 Å². The second-order valence-electron chi connectivity index (χ2n) is 5.32. The summed E-state index contributed by atoms with van der Waals surface area (Å²) in [5.74, 6) is -0.720. The fourth-order valence-corrected chi connectivity index (χ4v) is 3.34. The van der Waals surface area contributed by atoms with Gasteiger partial charge in [0.05, 0.1) is 12.7 Å². The highest BCUT2D eigenvalue weighted by atomic mass is 19.1. The van der Waals surface area contributed by atoms with Gasteiger partial charge in [0.1, 0.15) is 5.82 Å². The van der Waals surface area contributed by atoms with Crippen molar-refractivity contribution in [3.05, 3.63) is 34.6 Å². The standard InChI is InChI=1S/C15H18FNO2/c1-19-15(18)11-8-10-5-7-17-6-3-2-4-13(17)14(10)12(16)9-11/h8-9,13H,2-7H2,1H3/t13-/m1/s1. The van der Waals surface area contributed by atoms with Gasteiger partial charge in [-0.15, -0.1) is 0 Å². The third-order valence-corrected chi connectivity index (χ3v) is 4.25. The van der Waals surface area contributed by atoms with Crippen molar-refractivity contribution in [3.8, 4) is 0 Å². The molecule has 1 fully saturated rings. The minimum atomic E-state index is -0.465. The summed E-state index contributed by atoms with van der Waals surface area (Å²) in [6.07, 6.45) is 4.18. The summed E-state index contributed by atoms with van der Waals surface area (Å²) in [7, 11) is 1.32. The van der Waals surface area contributed by atoms with E-state index in [0.29, 0.717) is 5.56 Å². The van der Waals surface area contributed by atoms with E-state index >= 15 is 0 Å². The average molecular weight is 263 g/mol. The molecule has 1 aromatic carbocycles. The Balaban J connectivity index is 2.02. The van der Waals surface area contributed by atoms with E-state index in [1.165, 1.54) is 19.6 Å². The number of benzene rings is 1. The zero-order chi connectivity index (χ0) is 13.4. The summed E-state index contributed by atoms with van der Waals surface area (Å²) in [4.78, 5) is 13.9. The zero-order valence-corrected chi connectivity index (χ0v) is 11.1. The van der Waals surface area contributed by atoms with Crippen molar-refractivity contribution in [3.63, 3.8) is 0 Å². The predicted octanol–water partition coefficient (Wildman–Crippen LogP) is 2.70. The maximum atomic E-state index is 14.4. The minimum Gasteiger partial charge on any atom is -0.465 e. The van der Waals surface area contributed by atoms with Gasteiger partial charge in [0.15, 0.2) is 0 Å². The van der Waals surface area contributed by atoms with Crippen LogP contribution in [-0.4, -0.2) is 31.1 Å². The summed E-state index contributed by atoms with van der Waals surface area (Å²) < 4.78 is 19.0. The molecule has 0 unspecified atom stereocenters. The number of nitrogens with zero attached hydrogens (tertiary/aromatic N) is 1. The summed E-state index contributed by atoms with van der Waals surface area (Å²) in [5.41, 5.74) is 2.10. The van der Waals surface area contributed by atoms with Gasteiger partial charge in [-0.3, -0.25) is 4.90 Å². The molecule has 0 radical (unpaired) electrons. The molecule has 2 aliphatic rings. The molecule has 1 atom stereocenters. The van der Waals surface area contributed by atoms with Crippen LogP contribution in [-0.2, 0) is 11.2 Å². The first kappa shape index (κ1) is 12.6. The van der Waals surface area contributed by atoms with Crippen LogP contribution < -0.4 is 0 Å². The summed E-state index contributed by atoms with van der Waals surface area (Å²) in [6.45, 7) is 2.02. The fourth-order valence-electron chi connectivity index (χ4n) is 3.34. The Morgan fingerprint density at radius 1 is 1.37 bits per heavy atom. The summed E-state index contributed by atoms with van der Waals surface area (Å²) >= 11 is 0. The highest BCUT2D eigenvalue weighted by molar-refractivity contribution is 5.89. The summed E-state index contributed by atoms with van der Waals surface area (Å²) in [6, 6.07) is 3.32. The maximum absolute atomic E-state index is 14.4. The predicted molar refractivity (Wildman–Crippen MR) is 69.6 cm³/mol. The van der Waals surface area contributed by atoms with E-state index in [2.05, 4.69) is 9.64 Å². The van der Waals surface area contributed by atoms with Crippen LogP contribution in [0.3, 0.4) is 0 Å². The largest absolute Gasteiger partial charge is 0.465 e.